The molecule has 32 heavy (non-hydrogen) atoms. The summed E-state index contributed by atoms with van der Waals surface area (Å²) in [6.45, 7) is 0.129. The van der Waals surface area contributed by atoms with Crippen molar-refractivity contribution < 1.29 is 19.0 Å². The molecule has 0 unspecified atom stereocenters. The van der Waals surface area contributed by atoms with Crippen LogP contribution in [-0.2, 0) is 11.4 Å². The van der Waals surface area contributed by atoms with Gasteiger partial charge in [-0.05, 0) is 51.3 Å². The number of benzene rings is 3. The normalized spacial score (nSPS) is 10.4. The van der Waals surface area contributed by atoms with Crippen LogP contribution in [0.15, 0.2) is 76.3 Å². The number of hydrogen-bond acceptors (Lipinski definition) is 6. The molecule has 1 N–H and O–H groups in total. The molecule has 7 nitrogen and oxygen atoms in total. The number of amides is 1. The van der Waals surface area contributed by atoms with Crippen LogP contribution in [0.3, 0.4) is 0 Å². The molecular weight excluding hydrogens is 474 g/mol. The zero-order chi connectivity index (χ0) is 22.8. The summed E-state index contributed by atoms with van der Waals surface area (Å²) in [5.74, 6) is 0.985. The van der Waals surface area contributed by atoms with Crippen molar-refractivity contribution in [3.05, 3.63) is 87.9 Å². The van der Waals surface area contributed by atoms with Crippen LogP contribution in [-0.4, -0.2) is 25.8 Å². The summed E-state index contributed by atoms with van der Waals surface area (Å²) in [5, 5.41) is 13.0. The van der Waals surface area contributed by atoms with Crippen LogP contribution in [0, 0.1) is 11.3 Å². The van der Waals surface area contributed by atoms with E-state index in [9.17, 15) is 4.79 Å². The minimum absolute atomic E-state index is 0.269. The van der Waals surface area contributed by atoms with E-state index >= 15 is 0 Å². The fourth-order valence-corrected chi connectivity index (χ4v) is 3.30. The first-order valence-corrected chi connectivity index (χ1v) is 10.4. The minimum atomic E-state index is -0.456. The Hall–Kier alpha value is -3.83. The number of rotatable bonds is 9. The molecule has 0 heterocycles. The van der Waals surface area contributed by atoms with E-state index in [2.05, 4.69) is 26.5 Å². The van der Waals surface area contributed by atoms with Crippen LogP contribution < -0.4 is 19.6 Å². The van der Waals surface area contributed by atoms with Gasteiger partial charge in [-0.25, -0.2) is 5.43 Å². The quantitative estimate of drug-likeness (QED) is 0.351. The number of carbonyl (C=O) groups excluding carboxylic acids is 1. The number of methoxy groups -OCH3 is 1. The van der Waals surface area contributed by atoms with E-state index in [-0.39, 0.29) is 6.61 Å². The van der Waals surface area contributed by atoms with Crippen molar-refractivity contribution in [2.24, 2.45) is 5.10 Å². The number of carbonyl (C=O) groups is 1. The van der Waals surface area contributed by atoms with Gasteiger partial charge < -0.3 is 14.2 Å². The molecule has 0 aliphatic carbocycles. The maximum atomic E-state index is 12.0. The van der Waals surface area contributed by atoms with Crippen molar-refractivity contribution in [3.63, 3.8) is 0 Å². The van der Waals surface area contributed by atoms with Gasteiger partial charge in [-0.15, -0.1) is 0 Å². The Bertz CT molecular complexity index is 1140. The number of nitrogens with zero attached hydrogens (tertiary/aromatic N) is 2. The van der Waals surface area contributed by atoms with Crippen molar-refractivity contribution in [1.29, 1.82) is 5.26 Å². The molecule has 0 aliphatic rings. The molecule has 162 valence electrons. The average Bonchev–Trinajstić information content (AvgIpc) is 2.82. The van der Waals surface area contributed by atoms with Crippen LogP contribution in [0.4, 0.5) is 0 Å². The van der Waals surface area contributed by atoms with Crippen molar-refractivity contribution in [1.82, 2.24) is 5.43 Å². The van der Waals surface area contributed by atoms with Crippen molar-refractivity contribution >= 4 is 28.1 Å². The number of hydrazone groups is 1. The average molecular weight is 494 g/mol. The van der Waals surface area contributed by atoms with E-state index in [0.717, 1.165) is 5.56 Å². The van der Waals surface area contributed by atoms with Crippen LogP contribution in [0.25, 0.3) is 0 Å². The second-order valence-electron chi connectivity index (χ2n) is 6.50. The third kappa shape index (κ3) is 6.33. The molecule has 0 aromatic heterocycles. The van der Waals surface area contributed by atoms with E-state index in [1.807, 2.05) is 36.4 Å². The summed E-state index contributed by atoms with van der Waals surface area (Å²) in [5.41, 5.74) is 4.48. The lowest BCUT2D eigenvalue weighted by Crippen LogP contribution is -2.24. The van der Waals surface area contributed by atoms with Gasteiger partial charge in [0.05, 0.1) is 23.4 Å². The molecule has 0 spiro atoms. The van der Waals surface area contributed by atoms with E-state index in [4.69, 9.17) is 19.5 Å². The number of hydrogen-bond donors (Lipinski definition) is 1. The summed E-state index contributed by atoms with van der Waals surface area (Å²) in [6.07, 6.45) is 1.48. The highest BCUT2D eigenvalue weighted by Gasteiger charge is 2.12. The maximum absolute atomic E-state index is 12.0. The van der Waals surface area contributed by atoms with Gasteiger partial charge in [0.15, 0.2) is 18.1 Å². The van der Waals surface area contributed by atoms with Crippen LogP contribution >= 0.6 is 15.9 Å². The number of nitrogens with one attached hydrogen (secondary N) is 1. The highest BCUT2D eigenvalue weighted by Crippen LogP contribution is 2.36. The molecular formula is C24H20BrN3O4. The fourth-order valence-electron chi connectivity index (χ4n) is 2.72. The first-order chi connectivity index (χ1) is 15.6. The summed E-state index contributed by atoms with van der Waals surface area (Å²) >= 11 is 3.50. The Balaban J connectivity index is 1.58. The molecule has 0 radical (unpaired) electrons. The van der Waals surface area contributed by atoms with Gasteiger partial charge in [-0.2, -0.15) is 10.4 Å². The lowest BCUT2D eigenvalue weighted by atomic mass is 10.2. The monoisotopic (exact) mass is 493 g/mol. The van der Waals surface area contributed by atoms with Gasteiger partial charge in [0.2, 0.25) is 0 Å². The lowest BCUT2D eigenvalue weighted by Gasteiger charge is -2.13. The minimum Gasteiger partial charge on any atom is -0.493 e. The molecule has 8 heteroatoms. The van der Waals surface area contributed by atoms with Crippen molar-refractivity contribution in [3.8, 4) is 23.3 Å². The maximum Gasteiger partial charge on any atom is 0.277 e. The molecule has 3 aromatic carbocycles. The molecule has 0 fully saturated rings. The predicted molar refractivity (Wildman–Crippen MR) is 124 cm³/mol. The van der Waals surface area contributed by atoms with Crippen LogP contribution in [0.5, 0.6) is 17.2 Å². The molecule has 0 aliphatic heterocycles. The van der Waals surface area contributed by atoms with Gasteiger partial charge in [0.25, 0.3) is 5.91 Å². The van der Waals surface area contributed by atoms with E-state index in [0.29, 0.717) is 39.5 Å². The Labute approximate surface area is 194 Å². The molecule has 0 atom stereocenters. The Morgan fingerprint density at radius 3 is 2.59 bits per heavy atom. The summed E-state index contributed by atoms with van der Waals surface area (Å²) in [7, 11) is 1.55. The van der Waals surface area contributed by atoms with E-state index < -0.39 is 5.91 Å². The Morgan fingerprint density at radius 1 is 1.09 bits per heavy atom. The van der Waals surface area contributed by atoms with E-state index in [1.54, 1.807) is 43.5 Å². The summed E-state index contributed by atoms with van der Waals surface area (Å²) < 4.78 is 17.4. The number of para-hydroxylation sites is 1. The lowest BCUT2D eigenvalue weighted by molar-refractivity contribution is -0.123. The Kier molecular flexibility index (Phi) is 8.23. The summed E-state index contributed by atoms with van der Waals surface area (Å²) in [6, 6.07) is 22.1. The van der Waals surface area contributed by atoms with Gasteiger partial charge in [0.1, 0.15) is 18.4 Å². The SMILES string of the molecule is COc1cc(/C=N/NC(=O)COc2ccccc2C#N)cc(Br)c1OCc1ccccc1. The van der Waals surface area contributed by atoms with Crippen LogP contribution in [0.2, 0.25) is 0 Å². The van der Waals surface area contributed by atoms with Gasteiger partial charge in [0, 0.05) is 0 Å². The van der Waals surface area contributed by atoms with Crippen molar-refractivity contribution in [2.45, 2.75) is 6.61 Å². The predicted octanol–water partition coefficient (Wildman–Crippen LogP) is 4.44. The third-order valence-electron chi connectivity index (χ3n) is 4.25. The zero-order valence-corrected chi connectivity index (χ0v) is 18.8. The van der Waals surface area contributed by atoms with Crippen LogP contribution in [0.1, 0.15) is 16.7 Å². The second-order valence-corrected chi connectivity index (χ2v) is 7.35. The number of ether oxygens (including phenoxy) is 3. The molecule has 0 saturated heterocycles. The highest BCUT2D eigenvalue weighted by molar-refractivity contribution is 9.10. The fraction of sp³-hybridized carbons (Fsp3) is 0.125. The smallest absolute Gasteiger partial charge is 0.277 e. The first kappa shape index (κ1) is 22.8. The number of halogens is 1. The van der Waals surface area contributed by atoms with Gasteiger partial charge in [-0.3, -0.25) is 4.79 Å². The Morgan fingerprint density at radius 2 is 1.84 bits per heavy atom. The summed E-state index contributed by atoms with van der Waals surface area (Å²) in [4.78, 5) is 12.0. The second kappa shape index (κ2) is 11.5. The van der Waals surface area contributed by atoms with Gasteiger partial charge in [-0.1, -0.05) is 42.5 Å². The molecule has 0 saturated carbocycles. The number of nitriles is 1. The van der Waals surface area contributed by atoms with E-state index in [1.165, 1.54) is 6.21 Å². The standard InChI is InChI=1S/C24H20BrN3O4/c1-30-22-12-18(11-20(25)24(22)32-15-17-7-3-2-4-8-17)14-27-28-23(29)16-31-21-10-6-5-9-19(21)13-26/h2-12,14H,15-16H2,1H3,(H,28,29)/b27-14+. The molecule has 3 aromatic rings. The highest BCUT2D eigenvalue weighted by atomic mass is 79.9. The molecule has 3 rings (SSSR count). The largest absolute Gasteiger partial charge is 0.493 e. The van der Waals surface area contributed by atoms with Crippen molar-refractivity contribution in [2.75, 3.05) is 13.7 Å². The topological polar surface area (TPSA) is 92.9 Å². The molecule has 0 bridgehead atoms. The molecule has 1 amide bonds. The van der Waals surface area contributed by atoms with Gasteiger partial charge >= 0.3 is 0 Å². The first-order valence-electron chi connectivity index (χ1n) is 9.59. The zero-order valence-electron chi connectivity index (χ0n) is 17.2. The third-order valence-corrected chi connectivity index (χ3v) is 4.84.